The van der Waals surface area contributed by atoms with Gasteiger partial charge in [-0.25, -0.2) is 14.1 Å². The van der Waals surface area contributed by atoms with Crippen LogP contribution in [0.1, 0.15) is 6.92 Å². The highest BCUT2D eigenvalue weighted by Crippen LogP contribution is 2.25. The molecule has 6 heteroatoms. The van der Waals surface area contributed by atoms with E-state index in [2.05, 4.69) is 21.2 Å². The summed E-state index contributed by atoms with van der Waals surface area (Å²) >= 11 is 3.10. The number of amides is 3. The lowest BCUT2D eigenvalue weighted by Crippen LogP contribution is -2.31. The Hall–Kier alpha value is -1.43. The zero-order valence-electron chi connectivity index (χ0n) is 8.33. The normalized spacial score (nSPS) is 20.2. The van der Waals surface area contributed by atoms with E-state index in [1.165, 1.54) is 12.1 Å². The van der Waals surface area contributed by atoms with E-state index in [1.807, 2.05) is 0 Å². The molecule has 0 bridgehead atoms. The minimum atomic E-state index is -0.619. The largest absolute Gasteiger partial charge is 0.329 e. The Balaban J connectivity index is 2.45. The number of carbonyl (C=O) groups is 2. The molecule has 1 heterocycles. The molecule has 0 aliphatic carbocycles. The van der Waals surface area contributed by atoms with Crippen LogP contribution >= 0.6 is 15.9 Å². The first kappa shape index (κ1) is 11.1. The van der Waals surface area contributed by atoms with Crippen LogP contribution in [-0.4, -0.2) is 18.0 Å². The van der Waals surface area contributed by atoms with E-state index in [-0.39, 0.29) is 5.69 Å². The fraction of sp³-hybridized carbons (Fsp3) is 0.200. The van der Waals surface area contributed by atoms with Crippen molar-refractivity contribution in [3.8, 4) is 0 Å². The maximum absolute atomic E-state index is 13.6. The predicted octanol–water partition coefficient (Wildman–Crippen LogP) is 2.03. The van der Waals surface area contributed by atoms with Crippen molar-refractivity contribution in [2.75, 3.05) is 4.90 Å². The van der Waals surface area contributed by atoms with E-state index in [4.69, 9.17) is 0 Å². The number of hydrogen-bond acceptors (Lipinski definition) is 2. The lowest BCUT2D eigenvalue weighted by atomic mass is 10.2. The zero-order chi connectivity index (χ0) is 11.9. The molecule has 1 aliphatic heterocycles. The standard InChI is InChI=1S/C10H8BrFN2O2/c1-5-9(15)14(10(16)13-5)8-3-2-6(11)4-7(8)12/h2-5H,1H3,(H,13,16)/t5-/m0/s1. The molecule has 1 fully saturated rings. The highest BCUT2D eigenvalue weighted by Gasteiger charge is 2.37. The van der Waals surface area contributed by atoms with Crippen LogP contribution in [0.3, 0.4) is 0 Å². The average molecular weight is 287 g/mol. The number of carbonyl (C=O) groups excluding carboxylic acids is 2. The summed E-state index contributed by atoms with van der Waals surface area (Å²) in [5.74, 6) is -1.07. The van der Waals surface area contributed by atoms with Crippen molar-refractivity contribution in [1.29, 1.82) is 0 Å². The molecular formula is C10H8BrFN2O2. The Morgan fingerprint density at radius 2 is 2.12 bits per heavy atom. The van der Waals surface area contributed by atoms with Gasteiger partial charge in [-0.2, -0.15) is 0 Å². The monoisotopic (exact) mass is 286 g/mol. The van der Waals surface area contributed by atoms with Gasteiger partial charge >= 0.3 is 6.03 Å². The van der Waals surface area contributed by atoms with E-state index in [9.17, 15) is 14.0 Å². The van der Waals surface area contributed by atoms with Gasteiger partial charge in [0.2, 0.25) is 0 Å². The molecule has 1 aliphatic rings. The maximum Gasteiger partial charge on any atom is 0.329 e. The lowest BCUT2D eigenvalue weighted by Gasteiger charge is -2.13. The van der Waals surface area contributed by atoms with Crippen molar-refractivity contribution in [1.82, 2.24) is 5.32 Å². The van der Waals surface area contributed by atoms with Gasteiger partial charge in [-0.1, -0.05) is 15.9 Å². The molecule has 1 atom stereocenters. The van der Waals surface area contributed by atoms with Gasteiger partial charge in [0.1, 0.15) is 11.9 Å². The van der Waals surface area contributed by atoms with Gasteiger partial charge in [0.05, 0.1) is 5.69 Å². The molecule has 2 rings (SSSR count). The lowest BCUT2D eigenvalue weighted by molar-refractivity contribution is -0.118. The summed E-state index contributed by atoms with van der Waals surface area (Å²) in [6.45, 7) is 1.55. The van der Waals surface area contributed by atoms with Gasteiger partial charge in [0.25, 0.3) is 5.91 Å². The minimum absolute atomic E-state index is 0.0324. The summed E-state index contributed by atoms with van der Waals surface area (Å²) in [7, 11) is 0. The second-order valence-electron chi connectivity index (χ2n) is 3.44. The highest BCUT2D eigenvalue weighted by atomic mass is 79.9. The molecule has 1 N–H and O–H groups in total. The van der Waals surface area contributed by atoms with Crippen molar-refractivity contribution < 1.29 is 14.0 Å². The summed E-state index contributed by atoms with van der Waals surface area (Å²) in [5, 5.41) is 2.42. The molecule has 1 aromatic rings. The summed E-state index contributed by atoms with van der Waals surface area (Å²) < 4.78 is 14.1. The second-order valence-corrected chi connectivity index (χ2v) is 4.36. The molecular weight excluding hydrogens is 279 g/mol. The number of urea groups is 1. The van der Waals surface area contributed by atoms with Crippen LogP contribution in [0.4, 0.5) is 14.9 Å². The quantitative estimate of drug-likeness (QED) is 0.803. The summed E-state index contributed by atoms with van der Waals surface area (Å²) in [6.07, 6.45) is 0. The molecule has 0 spiro atoms. The van der Waals surface area contributed by atoms with Gasteiger partial charge in [-0.05, 0) is 25.1 Å². The third-order valence-corrected chi connectivity index (χ3v) is 2.78. The Labute approximate surface area is 99.6 Å². The number of imide groups is 1. The Morgan fingerprint density at radius 3 is 2.62 bits per heavy atom. The van der Waals surface area contributed by atoms with Gasteiger partial charge in [0, 0.05) is 4.47 Å². The predicted molar refractivity (Wildman–Crippen MR) is 59.6 cm³/mol. The summed E-state index contributed by atoms with van der Waals surface area (Å²) in [5.41, 5.74) is -0.0324. The number of halogens is 2. The van der Waals surface area contributed by atoms with Gasteiger partial charge in [-0.3, -0.25) is 4.79 Å². The number of rotatable bonds is 1. The molecule has 84 valence electrons. The molecule has 0 unspecified atom stereocenters. The second kappa shape index (κ2) is 3.86. The molecule has 16 heavy (non-hydrogen) atoms. The van der Waals surface area contributed by atoms with Crippen LogP contribution in [-0.2, 0) is 4.79 Å². The third-order valence-electron chi connectivity index (χ3n) is 2.28. The number of nitrogens with one attached hydrogen (secondary N) is 1. The molecule has 0 aromatic heterocycles. The van der Waals surface area contributed by atoms with E-state index in [1.54, 1.807) is 13.0 Å². The van der Waals surface area contributed by atoms with Gasteiger partial charge in [-0.15, -0.1) is 0 Å². The van der Waals surface area contributed by atoms with E-state index < -0.39 is 23.8 Å². The fourth-order valence-electron chi connectivity index (χ4n) is 1.50. The van der Waals surface area contributed by atoms with Crippen LogP contribution in [0.15, 0.2) is 22.7 Å². The van der Waals surface area contributed by atoms with Crippen molar-refractivity contribution in [2.45, 2.75) is 13.0 Å². The summed E-state index contributed by atoms with van der Waals surface area (Å²) in [4.78, 5) is 23.9. The SMILES string of the molecule is C[C@@H]1NC(=O)N(c2ccc(Br)cc2F)C1=O. The van der Waals surface area contributed by atoms with Crippen molar-refractivity contribution >= 4 is 33.6 Å². The number of hydrogen-bond donors (Lipinski definition) is 1. The molecule has 1 aromatic carbocycles. The molecule has 1 saturated heterocycles. The summed E-state index contributed by atoms with van der Waals surface area (Å²) in [6, 6.07) is 2.95. The Morgan fingerprint density at radius 1 is 1.44 bits per heavy atom. The zero-order valence-corrected chi connectivity index (χ0v) is 9.92. The fourth-order valence-corrected chi connectivity index (χ4v) is 1.83. The van der Waals surface area contributed by atoms with E-state index in [0.29, 0.717) is 4.47 Å². The topological polar surface area (TPSA) is 49.4 Å². The van der Waals surface area contributed by atoms with Crippen LogP contribution in [0.5, 0.6) is 0 Å². The van der Waals surface area contributed by atoms with Gasteiger partial charge in [0.15, 0.2) is 0 Å². The van der Waals surface area contributed by atoms with Crippen LogP contribution in [0.25, 0.3) is 0 Å². The number of anilines is 1. The number of benzene rings is 1. The first-order valence-corrected chi connectivity index (χ1v) is 5.39. The smallest absolute Gasteiger partial charge is 0.326 e. The van der Waals surface area contributed by atoms with Gasteiger partial charge < -0.3 is 5.32 Å². The van der Waals surface area contributed by atoms with E-state index in [0.717, 1.165) is 4.90 Å². The van der Waals surface area contributed by atoms with Crippen LogP contribution < -0.4 is 10.2 Å². The molecule has 0 saturated carbocycles. The minimum Gasteiger partial charge on any atom is -0.326 e. The van der Waals surface area contributed by atoms with E-state index >= 15 is 0 Å². The first-order chi connectivity index (χ1) is 7.50. The van der Waals surface area contributed by atoms with Crippen molar-refractivity contribution in [2.24, 2.45) is 0 Å². The van der Waals surface area contributed by atoms with Crippen molar-refractivity contribution in [3.05, 3.63) is 28.5 Å². The van der Waals surface area contributed by atoms with Crippen LogP contribution in [0, 0.1) is 5.82 Å². The average Bonchev–Trinajstić information content (AvgIpc) is 2.43. The molecule has 0 radical (unpaired) electrons. The Bertz CT molecular complexity index is 478. The number of nitrogens with zero attached hydrogens (tertiary/aromatic N) is 1. The highest BCUT2D eigenvalue weighted by molar-refractivity contribution is 9.10. The first-order valence-electron chi connectivity index (χ1n) is 4.60. The molecule has 4 nitrogen and oxygen atoms in total. The maximum atomic E-state index is 13.6. The van der Waals surface area contributed by atoms with Crippen LogP contribution in [0.2, 0.25) is 0 Å². The Kier molecular flexibility index (Phi) is 2.67. The van der Waals surface area contributed by atoms with Crippen molar-refractivity contribution in [3.63, 3.8) is 0 Å². The third kappa shape index (κ3) is 1.69. The molecule has 3 amide bonds.